The zero-order valence-electron chi connectivity index (χ0n) is 10.6. The molecule has 0 aliphatic rings. The third-order valence-electron chi connectivity index (χ3n) is 2.58. The lowest BCUT2D eigenvalue weighted by Gasteiger charge is -2.15. The van der Waals surface area contributed by atoms with E-state index in [1.54, 1.807) is 0 Å². The van der Waals surface area contributed by atoms with Gasteiger partial charge in [0.05, 0.1) is 0 Å². The Labute approximate surface area is 115 Å². The van der Waals surface area contributed by atoms with Crippen LogP contribution in [0, 0.1) is 6.92 Å². The number of benzene rings is 1. The molecule has 19 heavy (non-hydrogen) atoms. The SMILES string of the molecule is Cc1ccc(CN(C)S(=O)(=O)c2nnc(N)s2)cc1. The summed E-state index contributed by atoms with van der Waals surface area (Å²) >= 11 is 0.862. The average molecular weight is 298 g/mol. The molecule has 0 aliphatic carbocycles. The van der Waals surface area contributed by atoms with Crippen LogP contribution >= 0.6 is 11.3 Å². The van der Waals surface area contributed by atoms with Crippen molar-refractivity contribution < 1.29 is 8.42 Å². The van der Waals surface area contributed by atoms with Crippen LogP contribution in [0.1, 0.15) is 11.1 Å². The summed E-state index contributed by atoms with van der Waals surface area (Å²) < 4.78 is 25.5. The van der Waals surface area contributed by atoms with Crippen molar-refractivity contribution in [3.8, 4) is 0 Å². The highest BCUT2D eigenvalue weighted by Crippen LogP contribution is 2.21. The van der Waals surface area contributed by atoms with Crippen molar-refractivity contribution in [2.75, 3.05) is 12.8 Å². The molecule has 0 spiro atoms. The number of anilines is 1. The maximum absolute atomic E-state index is 12.2. The second kappa shape index (κ2) is 5.24. The summed E-state index contributed by atoms with van der Waals surface area (Å²) in [6.07, 6.45) is 0. The maximum atomic E-state index is 12.2. The summed E-state index contributed by atoms with van der Waals surface area (Å²) in [7, 11) is -2.12. The molecule has 8 heteroatoms. The largest absolute Gasteiger partial charge is 0.374 e. The fourth-order valence-corrected chi connectivity index (χ4v) is 3.62. The Hall–Kier alpha value is -1.51. The van der Waals surface area contributed by atoms with Crippen molar-refractivity contribution in [2.24, 2.45) is 0 Å². The first-order valence-electron chi connectivity index (χ1n) is 5.50. The van der Waals surface area contributed by atoms with Crippen LogP contribution in [0.2, 0.25) is 0 Å². The summed E-state index contributed by atoms with van der Waals surface area (Å²) in [5.41, 5.74) is 7.45. The molecule has 0 radical (unpaired) electrons. The van der Waals surface area contributed by atoms with Crippen molar-refractivity contribution in [2.45, 2.75) is 17.8 Å². The van der Waals surface area contributed by atoms with E-state index in [1.807, 2.05) is 31.2 Å². The van der Waals surface area contributed by atoms with E-state index in [1.165, 1.54) is 11.4 Å². The Morgan fingerprint density at radius 2 is 1.89 bits per heavy atom. The second-order valence-corrected chi connectivity index (χ2v) is 7.38. The van der Waals surface area contributed by atoms with Crippen LogP contribution in [-0.4, -0.2) is 30.0 Å². The smallest absolute Gasteiger partial charge is 0.272 e. The fraction of sp³-hybridized carbons (Fsp3) is 0.273. The lowest BCUT2D eigenvalue weighted by molar-refractivity contribution is 0.465. The van der Waals surface area contributed by atoms with E-state index in [-0.39, 0.29) is 16.0 Å². The van der Waals surface area contributed by atoms with Crippen LogP contribution < -0.4 is 5.73 Å². The third-order valence-corrected chi connectivity index (χ3v) is 5.48. The first kappa shape index (κ1) is 13.9. The van der Waals surface area contributed by atoms with Crippen LogP contribution in [0.3, 0.4) is 0 Å². The maximum Gasteiger partial charge on any atom is 0.272 e. The Balaban J connectivity index is 2.19. The molecule has 1 aromatic heterocycles. The molecule has 0 fully saturated rings. The van der Waals surface area contributed by atoms with Crippen molar-refractivity contribution in [3.05, 3.63) is 35.4 Å². The predicted octanol–water partition coefficient (Wildman–Crippen LogP) is 1.25. The summed E-state index contributed by atoms with van der Waals surface area (Å²) in [4.78, 5) is 0. The lowest BCUT2D eigenvalue weighted by Crippen LogP contribution is -2.26. The van der Waals surface area contributed by atoms with Gasteiger partial charge in [-0.3, -0.25) is 0 Å². The number of aromatic nitrogens is 2. The van der Waals surface area contributed by atoms with E-state index < -0.39 is 10.0 Å². The zero-order valence-corrected chi connectivity index (χ0v) is 12.2. The number of nitrogen functional groups attached to an aromatic ring is 1. The van der Waals surface area contributed by atoms with E-state index >= 15 is 0 Å². The number of aryl methyl sites for hydroxylation is 1. The molecule has 0 unspecified atom stereocenters. The minimum atomic E-state index is -3.63. The third kappa shape index (κ3) is 3.09. The summed E-state index contributed by atoms with van der Waals surface area (Å²) in [5.74, 6) is 0. The standard InChI is InChI=1S/C11H14N4O2S2/c1-8-3-5-9(6-4-8)7-15(2)19(16,17)11-14-13-10(12)18-11/h3-6H,7H2,1-2H3,(H2,12,13). The molecular weight excluding hydrogens is 284 g/mol. The van der Waals surface area contributed by atoms with Gasteiger partial charge in [-0.05, 0) is 12.5 Å². The van der Waals surface area contributed by atoms with E-state index in [0.29, 0.717) is 0 Å². The quantitative estimate of drug-likeness (QED) is 0.917. The molecule has 0 atom stereocenters. The summed E-state index contributed by atoms with van der Waals surface area (Å²) in [6.45, 7) is 2.26. The van der Waals surface area contributed by atoms with Gasteiger partial charge in [0, 0.05) is 13.6 Å². The Morgan fingerprint density at radius 3 is 2.42 bits per heavy atom. The van der Waals surface area contributed by atoms with E-state index in [9.17, 15) is 8.42 Å². The predicted molar refractivity (Wildman–Crippen MR) is 74.2 cm³/mol. The number of hydrogen-bond donors (Lipinski definition) is 1. The Bertz CT molecular complexity index is 664. The van der Waals surface area contributed by atoms with Crippen LogP contribution in [0.25, 0.3) is 0 Å². The van der Waals surface area contributed by atoms with Gasteiger partial charge in [0.1, 0.15) is 0 Å². The number of sulfonamides is 1. The van der Waals surface area contributed by atoms with Gasteiger partial charge in [-0.15, -0.1) is 10.2 Å². The van der Waals surface area contributed by atoms with Gasteiger partial charge in [0.15, 0.2) is 0 Å². The van der Waals surface area contributed by atoms with Gasteiger partial charge >= 0.3 is 0 Å². The van der Waals surface area contributed by atoms with Gasteiger partial charge in [-0.1, -0.05) is 41.2 Å². The first-order valence-corrected chi connectivity index (χ1v) is 7.76. The molecule has 0 aliphatic heterocycles. The molecule has 1 aromatic carbocycles. The summed E-state index contributed by atoms with van der Waals surface area (Å²) in [5, 5.41) is 7.24. The van der Waals surface area contributed by atoms with Crippen LogP contribution in [0.5, 0.6) is 0 Å². The van der Waals surface area contributed by atoms with Gasteiger partial charge in [0.25, 0.3) is 10.0 Å². The topological polar surface area (TPSA) is 89.2 Å². The van der Waals surface area contributed by atoms with Gasteiger partial charge in [0.2, 0.25) is 9.47 Å². The van der Waals surface area contributed by atoms with Gasteiger partial charge in [-0.2, -0.15) is 4.31 Å². The number of nitrogens with two attached hydrogens (primary N) is 1. The second-order valence-electron chi connectivity index (χ2n) is 4.15. The van der Waals surface area contributed by atoms with Crippen LogP contribution in [0.15, 0.2) is 28.6 Å². The molecular formula is C11H14N4O2S2. The molecule has 2 aromatic rings. The van der Waals surface area contributed by atoms with Crippen molar-refractivity contribution in [1.29, 1.82) is 0 Å². The molecule has 2 N–H and O–H groups in total. The molecule has 0 amide bonds. The Kier molecular flexibility index (Phi) is 3.83. The minimum Gasteiger partial charge on any atom is -0.374 e. The molecule has 1 heterocycles. The monoisotopic (exact) mass is 298 g/mol. The number of rotatable bonds is 4. The number of hydrogen-bond acceptors (Lipinski definition) is 6. The molecule has 6 nitrogen and oxygen atoms in total. The molecule has 0 saturated heterocycles. The van der Waals surface area contributed by atoms with Crippen molar-refractivity contribution in [1.82, 2.24) is 14.5 Å². The molecule has 2 rings (SSSR count). The van der Waals surface area contributed by atoms with Crippen LogP contribution in [0.4, 0.5) is 5.13 Å². The molecule has 0 bridgehead atoms. The highest BCUT2D eigenvalue weighted by molar-refractivity contribution is 7.91. The zero-order chi connectivity index (χ0) is 14.0. The van der Waals surface area contributed by atoms with E-state index in [4.69, 9.17) is 5.73 Å². The van der Waals surface area contributed by atoms with Gasteiger partial charge < -0.3 is 5.73 Å². The highest BCUT2D eigenvalue weighted by atomic mass is 32.2. The van der Waals surface area contributed by atoms with E-state index in [2.05, 4.69) is 10.2 Å². The fourth-order valence-electron chi connectivity index (χ4n) is 1.49. The molecule has 0 saturated carbocycles. The average Bonchev–Trinajstić information content (AvgIpc) is 2.79. The lowest BCUT2D eigenvalue weighted by atomic mass is 10.1. The van der Waals surface area contributed by atoms with Crippen LogP contribution in [-0.2, 0) is 16.6 Å². The van der Waals surface area contributed by atoms with Crippen molar-refractivity contribution in [3.63, 3.8) is 0 Å². The summed E-state index contributed by atoms with van der Waals surface area (Å²) in [6, 6.07) is 7.68. The van der Waals surface area contributed by atoms with E-state index in [0.717, 1.165) is 22.5 Å². The first-order chi connectivity index (χ1) is 8.89. The number of nitrogens with zero attached hydrogens (tertiary/aromatic N) is 3. The normalized spacial score (nSPS) is 11.9. The highest BCUT2D eigenvalue weighted by Gasteiger charge is 2.25. The van der Waals surface area contributed by atoms with Crippen molar-refractivity contribution >= 4 is 26.5 Å². The minimum absolute atomic E-state index is 0.0837. The van der Waals surface area contributed by atoms with Gasteiger partial charge in [-0.25, -0.2) is 8.42 Å². The molecule has 102 valence electrons. The Morgan fingerprint density at radius 1 is 1.26 bits per heavy atom.